The van der Waals surface area contributed by atoms with Gasteiger partial charge >= 0.3 is 6.18 Å². The molecule has 0 saturated heterocycles. The van der Waals surface area contributed by atoms with E-state index in [4.69, 9.17) is 0 Å². The monoisotopic (exact) mass is 461 g/mol. The van der Waals surface area contributed by atoms with Gasteiger partial charge in [0.1, 0.15) is 9.88 Å². The molecule has 0 saturated carbocycles. The minimum atomic E-state index is -4.41. The number of aryl methyl sites for hydroxylation is 1. The number of benzene rings is 2. The van der Waals surface area contributed by atoms with Gasteiger partial charge in [0, 0.05) is 29.9 Å². The molecular weight excluding hydrogens is 439 g/mol. The summed E-state index contributed by atoms with van der Waals surface area (Å²) in [6.07, 6.45) is -4.41. The number of anilines is 1. The largest absolute Gasteiger partial charge is 0.416 e. The van der Waals surface area contributed by atoms with Gasteiger partial charge in [-0.2, -0.15) is 13.2 Å². The van der Waals surface area contributed by atoms with E-state index in [0.29, 0.717) is 45.5 Å². The molecule has 0 radical (unpaired) electrons. The van der Waals surface area contributed by atoms with Gasteiger partial charge in [0.2, 0.25) is 0 Å². The fraction of sp³-hybridized carbons (Fsp3) is 0.261. The predicted molar refractivity (Wildman–Crippen MR) is 119 cm³/mol. The van der Waals surface area contributed by atoms with E-state index in [1.807, 2.05) is 13.8 Å². The number of thiazole rings is 1. The van der Waals surface area contributed by atoms with Gasteiger partial charge in [-0.15, -0.1) is 11.3 Å². The Morgan fingerprint density at radius 3 is 2.31 bits per heavy atom. The number of hydrogen-bond acceptors (Lipinski definition) is 4. The van der Waals surface area contributed by atoms with Crippen LogP contribution in [-0.2, 0) is 6.18 Å². The van der Waals surface area contributed by atoms with Crippen LogP contribution in [0.1, 0.15) is 45.1 Å². The van der Waals surface area contributed by atoms with Crippen LogP contribution in [-0.4, -0.2) is 34.8 Å². The van der Waals surface area contributed by atoms with Crippen LogP contribution < -0.4 is 5.32 Å². The maximum atomic E-state index is 12.8. The average Bonchev–Trinajstić information content (AvgIpc) is 3.16. The van der Waals surface area contributed by atoms with E-state index in [2.05, 4.69) is 10.3 Å². The Hall–Kier alpha value is -3.20. The van der Waals surface area contributed by atoms with Crippen molar-refractivity contribution in [2.45, 2.75) is 26.9 Å². The van der Waals surface area contributed by atoms with Crippen LogP contribution in [0.5, 0.6) is 0 Å². The molecule has 9 heteroatoms. The number of rotatable bonds is 6. The first-order valence-electron chi connectivity index (χ1n) is 9.99. The van der Waals surface area contributed by atoms with E-state index in [1.165, 1.54) is 12.1 Å². The van der Waals surface area contributed by atoms with E-state index in [0.717, 1.165) is 23.5 Å². The third-order valence-corrected chi connectivity index (χ3v) is 6.09. The molecule has 3 aromatic rings. The first-order valence-corrected chi connectivity index (χ1v) is 10.8. The van der Waals surface area contributed by atoms with Crippen LogP contribution in [0.2, 0.25) is 0 Å². The summed E-state index contributed by atoms with van der Waals surface area (Å²) < 4.78 is 38.3. The number of nitrogens with zero attached hydrogens (tertiary/aromatic N) is 2. The van der Waals surface area contributed by atoms with Crippen molar-refractivity contribution in [2.24, 2.45) is 0 Å². The van der Waals surface area contributed by atoms with Gasteiger partial charge in [0.25, 0.3) is 11.8 Å². The fourth-order valence-corrected chi connectivity index (χ4v) is 4.11. The lowest BCUT2D eigenvalue weighted by Gasteiger charge is -2.19. The van der Waals surface area contributed by atoms with Gasteiger partial charge < -0.3 is 10.2 Å². The number of hydrogen-bond donors (Lipinski definition) is 1. The Morgan fingerprint density at radius 2 is 1.72 bits per heavy atom. The first kappa shape index (κ1) is 23.5. The number of nitrogens with one attached hydrogen (secondary N) is 1. The Bertz CT molecular complexity index is 1120. The number of amides is 2. The molecule has 1 heterocycles. The van der Waals surface area contributed by atoms with Gasteiger partial charge in [0.05, 0.1) is 11.3 Å². The first-order chi connectivity index (χ1) is 15.1. The molecule has 0 atom stereocenters. The normalized spacial score (nSPS) is 11.3. The number of aromatic nitrogens is 1. The highest BCUT2D eigenvalue weighted by Gasteiger charge is 2.30. The average molecular weight is 462 g/mol. The molecule has 168 valence electrons. The second-order valence-electron chi connectivity index (χ2n) is 7.02. The summed E-state index contributed by atoms with van der Waals surface area (Å²) in [7, 11) is 0. The second-order valence-corrected chi connectivity index (χ2v) is 8.02. The summed E-state index contributed by atoms with van der Waals surface area (Å²) in [5, 5.41) is 3.23. The molecule has 0 aliphatic rings. The van der Waals surface area contributed by atoms with Crippen molar-refractivity contribution in [2.75, 3.05) is 18.4 Å². The summed E-state index contributed by atoms with van der Waals surface area (Å²) in [5.74, 6) is -0.518. The molecule has 1 aromatic heterocycles. The van der Waals surface area contributed by atoms with Crippen molar-refractivity contribution in [3.8, 4) is 10.6 Å². The van der Waals surface area contributed by atoms with E-state index in [9.17, 15) is 22.8 Å². The molecule has 5 nitrogen and oxygen atoms in total. The highest BCUT2D eigenvalue weighted by atomic mass is 32.1. The Morgan fingerprint density at radius 1 is 1.06 bits per heavy atom. The van der Waals surface area contributed by atoms with Crippen molar-refractivity contribution in [3.05, 3.63) is 70.2 Å². The summed E-state index contributed by atoms with van der Waals surface area (Å²) in [5.41, 5.74) is 1.16. The molecule has 0 spiro atoms. The molecule has 0 aliphatic carbocycles. The summed E-state index contributed by atoms with van der Waals surface area (Å²) in [6, 6.07) is 11.3. The van der Waals surface area contributed by atoms with Crippen LogP contribution >= 0.6 is 11.3 Å². The zero-order valence-corrected chi connectivity index (χ0v) is 18.6. The van der Waals surface area contributed by atoms with E-state index in [-0.39, 0.29) is 5.91 Å². The van der Waals surface area contributed by atoms with Gasteiger partial charge in [-0.25, -0.2) is 4.98 Å². The quantitative estimate of drug-likeness (QED) is 0.499. The van der Waals surface area contributed by atoms with Crippen LogP contribution in [0, 0.1) is 6.92 Å². The van der Waals surface area contributed by atoms with Crippen molar-refractivity contribution >= 4 is 28.8 Å². The number of halogens is 3. The minimum Gasteiger partial charge on any atom is -0.339 e. The lowest BCUT2D eigenvalue weighted by atomic mass is 10.1. The Kier molecular flexibility index (Phi) is 6.98. The molecule has 0 fully saturated rings. The molecule has 32 heavy (non-hydrogen) atoms. The van der Waals surface area contributed by atoms with Gasteiger partial charge in [-0.05, 0) is 51.1 Å². The molecular formula is C23H22F3N3O2S. The van der Waals surface area contributed by atoms with Gasteiger partial charge in [0.15, 0.2) is 0 Å². The highest BCUT2D eigenvalue weighted by molar-refractivity contribution is 7.17. The lowest BCUT2D eigenvalue weighted by molar-refractivity contribution is -0.137. The topological polar surface area (TPSA) is 62.3 Å². The van der Waals surface area contributed by atoms with Crippen LogP contribution in [0.15, 0.2) is 48.5 Å². The van der Waals surface area contributed by atoms with Gasteiger partial charge in [-0.1, -0.05) is 18.2 Å². The highest BCUT2D eigenvalue weighted by Crippen LogP contribution is 2.33. The Balaban J connectivity index is 1.79. The third kappa shape index (κ3) is 5.16. The van der Waals surface area contributed by atoms with Crippen molar-refractivity contribution in [3.63, 3.8) is 0 Å². The Labute approximate surface area is 187 Å². The summed E-state index contributed by atoms with van der Waals surface area (Å²) >= 11 is 1.10. The summed E-state index contributed by atoms with van der Waals surface area (Å²) in [6.45, 7) is 6.62. The maximum Gasteiger partial charge on any atom is 0.416 e. The molecule has 3 rings (SSSR count). The maximum absolute atomic E-state index is 12.8. The fourth-order valence-electron chi connectivity index (χ4n) is 3.14. The number of carbonyl (C=O) groups is 2. The molecule has 2 aromatic carbocycles. The zero-order chi connectivity index (χ0) is 23.5. The lowest BCUT2D eigenvalue weighted by Crippen LogP contribution is -2.30. The second kappa shape index (κ2) is 9.52. The van der Waals surface area contributed by atoms with E-state index >= 15 is 0 Å². The number of alkyl halides is 3. The van der Waals surface area contributed by atoms with Gasteiger partial charge in [-0.3, -0.25) is 9.59 Å². The molecule has 0 bridgehead atoms. The zero-order valence-electron chi connectivity index (χ0n) is 17.8. The van der Waals surface area contributed by atoms with E-state index in [1.54, 1.807) is 36.1 Å². The number of carbonyl (C=O) groups excluding carboxylic acids is 2. The SMILES string of the molecule is CCN(CC)C(=O)c1cccc(NC(=O)c2sc(-c3ccc(C(F)(F)F)cc3)nc2C)c1. The van der Waals surface area contributed by atoms with Crippen LogP contribution in [0.3, 0.4) is 0 Å². The molecule has 0 aliphatic heterocycles. The standard InChI is InChI=1S/C23H22F3N3O2S/c1-4-29(5-2)22(31)16-7-6-8-18(13-16)28-20(30)19-14(3)27-21(32-19)15-9-11-17(12-10-15)23(24,25)26/h6-13H,4-5H2,1-3H3,(H,28,30). The predicted octanol–water partition coefficient (Wildman–Crippen LogP) is 5.87. The van der Waals surface area contributed by atoms with Crippen LogP contribution in [0.4, 0.5) is 18.9 Å². The van der Waals surface area contributed by atoms with Crippen molar-refractivity contribution < 1.29 is 22.8 Å². The van der Waals surface area contributed by atoms with Crippen LogP contribution in [0.25, 0.3) is 10.6 Å². The van der Waals surface area contributed by atoms with Crippen molar-refractivity contribution in [1.29, 1.82) is 0 Å². The van der Waals surface area contributed by atoms with Crippen molar-refractivity contribution in [1.82, 2.24) is 9.88 Å². The third-order valence-electron chi connectivity index (χ3n) is 4.88. The minimum absolute atomic E-state index is 0.121. The molecule has 0 unspecified atom stereocenters. The smallest absolute Gasteiger partial charge is 0.339 e. The molecule has 2 amide bonds. The summed E-state index contributed by atoms with van der Waals surface area (Å²) in [4.78, 5) is 31.7. The van der Waals surface area contributed by atoms with E-state index < -0.39 is 17.6 Å². The molecule has 1 N–H and O–H groups in total.